The van der Waals surface area contributed by atoms with Gasteiger partial charge in [-0.15, -0.1) is 0 Å². The summed E-state index contributed by atoms with van der Waals surface area (Å²) < 4.78 is 0. The van der Waals surface area contributed by atoms with Gasteiger partial charge in [-0.3, -0.25) is 9.88 Å². The van der Waals surface area contributed by atoms with E-state index in [0.29, 0.717) is 16.9 Å². The number of hydrogen-bond donors (Lipinski definition) is 1. The standard InChI is InChI=1S/C16H25N3S/c1-12(2)10-19(14-7-3-4-8-14)11-13-6-5-9-18-15(13)16(17)20/h5-6,9,12,14H,3-4,7-8,10-11H2,1-2H3,(H2,17,20). The molecule has 0 atom stereocenters. The van der Waals surface area contributed by atoms with Crippen LogP contribution in [0.2, 0.25) is 0 Å². The van der Waals surface area contributed by atoms with E-state index < -0.39 is 0 Å². The molecule has 1 aromatic heterocycles. The zero-order valence-corrected chi connectivity index (χ0v) is 13.3. The van der Waals surface area contributed by atoms with Crippen LogP contribution in [0, 0.1) is 5.92 Å². The van der Waals surface area contributed by atoms with E-state index in [0.717, 1.165) is 24.3 Å². The first-order valence-corrected chi connectivity index (χ1v) is 7.96. The Kier molecular flexibility index (Phi) is 5.49. The fraction of sp³-hybridized carbons (Fsp3) is 0.625. The zero-order valence-electron chi connectivity index (χ0n) is 12.5. The zero-order chi connectivity index (χ0) is 14.5. The molecule has 0 aromatic carbocycles. The predicted molar refractivity (Wildman–Crippen MR) is 87.6 cm³/mol. The molecule has 0 aliphatic heterocycles. The third-order valence-corrected chi connectivity index (χ3v) is 4.13. The average molecular weight is 291 g/mol. The minimum atomic E-state index is 0.400. The molecule has 0 saturated heterocycles. The first kappa shape index (κ1) is 15.4. The van der Waals surface area contributed by atoms with Crippen LogP contribution in [0.1, 0.15) is 50.8 Å². The fourth-order valence-corrected chi connectivity index (χ4v) is 3.27. The van der Waals surface area contributed by atoms with E-state index in [-0.39, 0.29) is 0 Å². The van der Waals surface area contributed by atoms with Gasteiger partial charge < -0.3 is 5.73 Å². The highest BCUT2D eigenvalue weighted by Gasteiger charge is 2.24. The fourth-order valence-electron chi connectivity index (χ4n) is 3.09. The smallest absolute Gasteiger partial charge is 0.123 e. The monoisotopic (exact) mass is 291 g/mol. The molecule has 1 saturated carbocycles. The van der Waals surface area contributed by atoms with Crippen molar-refractivity contribution in [2.45, 2.75) is 52.1 Å². The van der Waals surface area contributed by atoms with Crippen LogP contribution >= 0.6 is 12.2 Å². The van der Waals surface area contributed by atoms with Crippen molar-refractivity contribution in [2.24, 2.45) is 11.7 Å². The number of thiocarbonyl (C=S) groups is 1. The van der Waals surface area contributed by atoms with Crippen molar-refractivity contribution in [1.82, 2.24) is 9.88 Å². The number of pyridine rings is 1. The van der Waals surface area contributed by atoms with Crippen LogP contribution in [0.4, 0.5) is 0 Å². The maximum atomic E-state index is 5.80. The minimum Gasteiger partial charge on any atom is -0.388 e. The van der Waals surface area contributed by atoms with Crippen molar-refractivity contribution in [1.29, 1.82) is 0 Å². The highest BCUT2D eigenvalue weighted by Crippen LogP contribution is 2.26. The Balaban J connectivity index is 2.16. The summed E-state index contributed by atoms with van der Waals surface area (Å²) >= 11 is 5.12. The van der Waals surface area contributed by atoms with Gasteiger partial charge in [-0.05, 0) is 30.4 Å². The van der Waals surface area contributed by atoms with Crippen molar-refractivity contribution in [2.75, 3.05) is 6.54 Å². The van der Waals surface area contributed by atoms with Gasteiger partial charge in [0.05, 0.1) is 0 Å². The van der Waals surface area contributed by atoms with Crippen molar-refractivity contribution in [3.8, 4) is 0 Å². The molecule has 4 heteroatoms. The molecular formula is C16H25N3S. The second kappa shape index (κ2) is 7.14. The van der Waals surface area contributed by atoms with Gasteiger partial charge in [0, 0.05) is 25.3 Å². The molecule has 2 rings (SSSR count). The lowest BCUT2D eigenvalue weighted by atomic mass is 10.1. The van der Waals surface area contributed by atoms with Gasteiger partial charge in [-0.1, -0.05) is 45.0 Å². The summed E-state index contributed by atoms with van der Waals surface area (Å²) in [6.07, 6.45) is 7.11. The van der Waals surface area contributed by atoms with Gasteiger partial charge in [0.1, 0.15) is 10.7 Å². The molecule has 0 unspecified atom stereocenters. The van der Waals surface area contributed by atoms with Crippen molar-refractivity contribution in [3.63, 3.8) is 0 Å². The van der Waals surface area contributed by atoms with Crippen LogP contribution in [-0.2, 0) is 6.54 Å². The van der Waals surface area contributed by atoms with Gasteiger partial charge in [-0.25, -0.2) is 0 Å². The number of nitrogens with zero attached hydrogens (tertiary/aromatic N) is 2. The van der Waals surface area contributed by atoms with Crippen molar-refractivity contribution in [3.05, 3.63) is 29.6 Å². The second-order valence-electron chi connectivity index (χ2n) is 6.14. The predicted octanol–water partition coefficient (Wildman–Crippen LogP) is 3.12. The van der Waals surface area contributed by atoms with Gasteiger partial charge in [-0.2, -0.15) is 0 Å². The molecule has 1 aliphatic rings. The van der Waals surface area contributed by atoms with Crippen LogP contribution in [-0.4, -0.2) is 27.5 Å². The third kappa shape index (κ3) is 4.00. The Bertz CT molecular complexity index is 453. The number of aromatic nitrogens is 1. The van der Waals surface area contributed by atoms with E-state index in [1.54, 1.807) is 6.20 Å². The molecule has 0 amide bonds. The summed E-state index contributed by atoms with van der Waals surface area (Å²) in [6, 6.07) is 4.78. The Hall–Kier alpha value is -1.00. The lowest BCUT2D eigenvalue weighted by Crippen LogP contribution is -2.36. The van der Waals surface area contributed by atoms with E-state index in [9.17, 15) is 0 Å². The maximum absolute atomic E-state index is 5.80. The van der Waals surface area contributed by atoms with Gasteiger partial charge in [0.2, 0.25) is 0 Å². The van der Waals surface area contributed by atoms with E-state index in [1.165, 1.54) is 25.7 Å². The summed E-state index contributed by atoms with van der Waals surface area (Å²) in [6.45, 7) is 6.58. The number of nitrogens with two attached hydrogens (primary N) is 1. The van der Waals surface area contributed by atoms with E-state index in [4.69, 9.17) is 18.0 Å². The maximum Gasteiger partial charge on any atom is 0.123 e. The first-order chi connectivity index (χ1) is 9.58. The lowest BCUT2D eigenvalue weighted by molar-refractivity contribution is 0.168. The Morgan fingerprint density at radius 2 is 2.15 bits per heavy atom. The van der Waals surface area contributed by atoms with E-state index in [1.807, 2.05) is 6.07 Å². The first-order valence-electron chi connectivity index (χ1n) is 7.55. The molecule has 3 nitrogen and oxygen atoms in total. The largest absolute Gasteiger partial charge is 0.388 e. The van der Waals surface area contributed by atoms with Crippen LogP contribution < -0.4 is 5.73 Å². The van der Waals surface area contributed by atoms with Crippen LogP contribution in [0.25, 0.3) is 0 Å². The molecule has 20 heavy (non-hydrogen) atoms. The highest BCUT2D eigenvalue weighted by molar-refractivity contribution is 7.80. The Labute approximate surface area is 127 Å². The average Bonchev–Trinajstić information content (AvgIpc) is 2.91. The minimum absolute atomic E-state index is 0.400. The second-order valence-corrected chi connectivity index (χ2v) is 6.58. The lowest BCUT2D eigenvalue weighted by Gasteiger charge is -2.31. The van der Waals surface area contributed by atoms with Crippen molar-refractivity contribution < 1.29 is 0 Å². The molecule has 0 bridgehead atoms. The number of rotatable bonds is 6. The van der Waals surface area contributed by atoms with Gasteiger partial charge >= 0.3 is 0 Å². The van der Waals surface area contributed by atoms with Gasteiger partial charge in [0.25, 0.3) is 0 Å². The van der Waals surface area contributed by atoms with Crippen LogP contribution in [0.3, 0.4) is 0 Å². The molecule has 2 N–H and O–H groups in total. The molecular weight excluding hydrogens is 266 g/mol. The van der Waals surface area contributed by atoms with Crippen LogP contribution in [0.5, 0.6) is 0 Å². The Morgan fingerprint density at radius 3 is 2.75 bits per heavy atom. The molecule has 110 valence electrons. The molecule has 0 radical (unpaired) electrons. The summed E-state index contributed by atoms with van der Waals surface area (Å²) in [5, 5.41) is 0. The van der Waals surface area contributed by atoms with Crippen molar-refractivity contribution >= 4 is 17.2 Å². The molecule has 1 heterocycles. The quantitative estimate of drug-likeness (QED) is 0.818. The summed E-state index contributed by atoms with van der Waals surface area (Å²) in [5.41, 5.74) is 7.74. The SMILES string of the molecule is CC(C)CN(Cc1cccnc1C(N)=S)C1CCCC1. The normalized spacial score (nSPS) is 16.2. The van der Waals surface area contributed by atoms with E-state index >= 15 is 0 Å². The molecule has 1 aliphatic carbocycles. The summed E-state index contributed by atoms with van der Waals surface area (Å²) in [7, 11) is 0. The molecule has 1 fully saturated rings. The third-order valence-electron chi connectivity index (χ3n) is 3.94. The number of hydrogen-bond acceptors (Lipinski definition) is 3. The Morgan fingerprint density at radius 1 is 1.45 bits per heavy atom. The van der Waals surface area contributed by atoms with E-state index in [2.05, 4.69) is 29.8 Å². The summed E-state index contributed by atoms with van der Waals surface area (Å²) in [5.74, 6) is 0.667. The molecule has 1 aromatic rings. The topological polar surface area (TPSA) is 42.2 Å². The summed E-state index contributed by atoms with van der Waals surface area (Å²) in [4.78, 5) is 7.34. The van der Waals surface area contributed by atoms with Gasteiger partial charge in [0.15, 0.2) is 0 Å². The highest BCUT2D eigenvalue weighted by atomic mass is 32.1. The van der Waals surface area contributed by atoms with Crippen LogP contribution in [0.15, 0.2) is 18.3 Å². The molecule has 0 spiro atoms.